The lowest BCUT2D eigenvalue weighted by molar-refractivity contribution is -0.146. The molecule has 1 aromatic rings. The minimum absolute atomic E-state index is 0.158. The summed E-state index contributed by atoms with van der Waals surface area (Å²) in [5, 5.41) is 6.54. The monoisotopic (exact) mass is 235 g/mol. The van der Waals surface area contributed by atoms with Crippen LogP contribution in [0.3, 0.4) is 0 Å². The predicted octanol–water partition coefficient (Wildman–Crippen LogP) is 2.38. The molecule has 0 aliphatic heterocycles. The second-order valence-electron chi connectivity index (χ2n) is 4.63. The van der Waals surface area contributed by atoms with E-state index in [1.165, 1.54) is 6.20 Å². The molecule has 0 spiro atoms. The molecule has 0 fully saturated rings. The molecule has 16 heavy (non-hydrogen) atoms. The Balaban J connectivity index is 3.31. The normalized spacial score (nSPS) is 13.2. The number of aromatic nitrogens is 2. The van der Waals surface area contributed by atoms with Gasteiger partial charge in [0, 0.05) is 12.1 Å². The van der Waals surface area contributed by atoms with Gasteiger partial charge in [-0.1, -0.05) is 0 Å². The number of nitrogens with zero attached hydrogens (tertiary/aromatic N) is 2. The number of nitrogens with one attached hydrogen (secondary N) is 1. The van der Waals surface area contributed by atoms with Crippen molar-refractivity contribution in [2.24, 2.45) is 0 Å². The standard InChI is InChI=1S/C10H16F3N3/c1-9(2,3)16-8(10(11,12)13)7(5-14-4)6-15-16/h6,14H,5H2,1-4H3. The molecule has 0 aliphatic carbocycles. The van der Waals surface area contributed by atoms with Crippen molar-refractivity contribution in [2.75, 3.05) is 7.05 Å². The Bertz CT molecular complexity index is 360. The number of hydrogen-bond donors (Lipinski definition) is 1. The van der Waals surface area contributed by atoms with Crippen LogP contribution >= 0.6 is 0 Å². The summed E-state index contributed by atoms with van der Waals surface area (Å²) in [6.07, 6.45) is -3.11. The first-order valence-corrected chi connectivity index (χ1v) is 4.97. The highest BCUT2D eigenvalue weighted by Gasteiger charge is 2.40. The van der Waals surface area contributed by atoms with Gasteiger partial charge in [0.15, 0.2) is 0 Å². The van der Waals surface area contributed by atoms with Crippen LogP contribution in [0.25, 0.3) is 0 Å². The van der Waals surface area contributed by atoms with Crippen molar-refractivity contribution >= 4 is 0 Å². The topological polar surface area (TPSA) is 29.9 Å². The zero-order chi connectivity index (χ0) is 12.6. The Morgan fingerprint density at radius 2 is 1.88 bits per heavy atom. The first-order chi connectivity index (χ1) is 7.18. The summed E-state index contributed by atoms with van der Waals surface area (Å²) in [5.74, 6) is 0. The van der Waals surface area contributed by atoms with Gasteiger partial charge in [-0.05, 0) is 27.8 Å². The molecule has 0 unspecified atom stereocenters. The third kappa shape index (κ3) is 2.55. The maximum atomic E-state index is 12.9. The van der Waals surface area contributed by atoms with Crippen molar-refractivity contribution in [3.05, 3.63) is 17.5 Å². The van der Waals surface area contributed by atoms with Crippen LogP contribution in [0.2, 0.25) is 0 Å². The Morgan fingerprint density at radius 3 is 2.25 bits per heavy atom. The second-order valence-corrected chi connectivity index (χ2v) is 4.63. The summed E-state index contributed by atoms with van der Waals surface area (Å²) in [7, 11) is 1.61. The van der Waals surface area contributed by atoms with E-state index in [9.17, 15) is 13.2 Å². The van der Waals surface area contributed by atoms with Crippen molar-refractivity contribution in [1.82, 2.24) is 15.1 Å². The average molecular weight is 235 g/mol. The summed E-state index contributed by atoms with van der Waals surface area (Å²) < 4.78 is 39.7. The van der Waals surface area contributed by atoms with Gasteiger partial charge in [-0.2, -0.15) is 18.3 Å². The van der Waals surface area contributed by atoms with Crippen LogP contribution in [0.4, 0.5) is 13.2 Å². The maximum absolute atomic E-state index is 12.9. The Labute approximate surface area is 92.6 Å². The van der Waals surface area contributed by atoms with Crippen LogP contribution in [0.5, 0.6) is 0 Å². The number of rotatable bonds is 2. The highest BCUT2D eigenvalue weighted by molar-refractivity contribution is 5.22. The SMILES string of the molecule is CNCc1cnn(C(C)(C)C)c1C(F)(F)F. The van der Waals surface area contributed by atoms with Gasteiger partial charge >= 0.3 is 6.18 Å². The molecule has 0 saturated carbocycles. The zero-order valence-electron chi connectivity index (χ0n) is 9.81. The Hall–Kier alpha value is -1.04. The molecule has 0 atom stereocenters. The molecule has 6 heteroatoms. The lowest BCUT2D eigenvalue weighted by atomic mass is 10.1. The van der Waals surface area contributed by atoms with E-state index in [-0.39, 0.29) is 12.1 Å². The second kappa shape index (κ2) is 4.08. The highest BCUT2D eigenvalue weighted by Crippen LogP contribution is 2.34. The van der Waals surface area contributed by atoms with E-state index in [4.69, 9.17) is 0 Å². The van der Waals surface area contributed by atoms with Crippen molar-refractivity contribution < 1.29 is 13.2 Å². The summed E-state index contributed by atoms with van der Waals surface area (Å²) >= 11 is 0. The van der Waals surface area contributed by atoms with Gasteiger partial charge in [0.05, 0.1) is 11.7 Å². The molecular formula is C10H16F3N3. The molecule has 0 radical (unpaired) electrons. The quantitative estimate of drug-likeness (QED) is 0.852. The molecule has 1 heterocycles. The molecule has 0 saturated heterocycles. The summed E-state index contributed by atoms with van der Waals surface area (Å²) in [6.45, 7) is 5.24. The lowest BCUT2D eigenvalue weighted by Crippen LogP contribution is -2.29. The van der Waals surface area contributed by atoms with Crippen LogP contribution in [-0.2, 0) is 18.3 Å². The fourth-order valence-electron chi connectivity index (χ4n) is 1.51. The van der Waals surface area contributed by atoms with Crippen molar-refractivity contribution in [3.63, 3.8) is 0 Å². The molecule has 0 bridgehead atoms. The minimum Gasteiger partial charge on any atom is -0.316 e. The molecule has 0 amide bonds. The average Bonchev–Trinajstić information content (AvgIpc) is 2.46. The molecule has 92 valence electrons. The smallest absolute Gasteiger partial charge is 0.316 e. The van der Waals surface area contributed by atoms with Crippen LogP contribution in [0.15, 0.2) is 6.20 Å². The molecule has 1 rings (SSSR count). The molecule has 0 aromatic carbocycles. The van der Waals surface area contributed by atoms with Gasteiger partial charge in [-0.3, -0.25) is 4.68 Å². The maximum Gasteiger partial charge on any atom is 0.433 e. The summed E-state index contributed by atoms with van der Waals surface area (Å²) in [4.78, 5) is 0. The molecular weight excluding hydrogens is 219 g/mol. The molecule has 0 aliphatic rings. The number of hydrogen-bond acceptors (Lipinski definition) is 2. The molecule has 1 aromatic heterocycles. The van der Waals surface area contributed by atoms with Crippen molar-refractivity contribution in [3.8, 4) is 0 Å². The van der Waals surface area contributed by atoms with E-state index in [1.807, 2.05) is 0 Å². The van der Waals surface area contributed by atoms with Gasteiger partial charge < -0.3 is 5.32 Å². The number of halogens is 3. The Kier molecular flexibility index (Phi) is 3.33. The van der Waals surface area contributed by atoms with Crippen molar-refractivity contribution in [1.29, 1.82) is 0 Å². The van der Waals surface area contributed by atoms with E-state index in [1.54, 1.807) is 27.8 Å². The highest BCUT2D eigenvalue weighted by atomic mass is 19.4. The fraction of sp³-hybridized carbons (Fsp3) is 0.700. The van der Waals surface area contributed by atoms with Crippen LogP contribution < -0.4 is 5.32 Å². The van der Waals surface area contributed by atoms with Gasteiger partial charge in [-0.25, -0.2) is 0 Å². The van der Waals surface area contributed by atoms with Gasteiger partial charge in [0.25, 0.3) is 0 Å². The largest absolute Gasteiger partial charge is 0.433 e. The third-order valence-electron chi connectivity index (χ3n) is 2.12. The van der Waals surface area contributed by atoms with Gasteiger partial charge in [-0.15, -0.1) is 0 Å². The number of alkyl halides is 3. The van der Waals surface area contributed by atoms with E-state index < -0.39 is 17.4 Å². The predicted molar refractivity (Wildman–Crippen MR) is 55.0 cm³/mol. The zero-order valence-corrected chi connectivity index (χ0v) is 9.81. The lowest BCUT2D eigenvalue weighted by Gasteiger charge is -2.24. The first-order valence-electron chi connectivity index (χ1n) is 4.97. The van der Waals surface area contributed by atoms with E-state index in [2.05, 4.69) is 10.4 Å². The van der Waals surface area contributed by atoms with E-state index >= 15 is 0 Å². The van der Waals surface area contributed by atoms with Crippen molar-refractivity contribution in [2.45, 2.75) is 39.0 Å². The molecule has 1 N–H and O–H groups in total. The summed E-state index contributed by atoms with van der Waals surface area (Å²) in [6, 6.07) is 0. The first kappa shape index (κ1) is 13.0. The fourth-order valence-corrected chi connectivity index (χ4v) is 1.51. The van der Waals surface area contributed by atoms with E-state index in [0.717, 1.165) is 4.68 Å². The van der Waals surface area contributed by atoms with Crippen LogP contribution in [-0.4, -0.2) is 16.8 Å². The molecule has 3 nitrogen and oxygen atoms in total. The summed E-state index contributed by atoms with van der Waals surface area (Å²) in [5.41, 5.74) is -1.18. The van der Waals surface area contributed by atoms with Crippen LogP contribution in [0.1, 0.15) is 32.0 Å². The van der Waals surface area contributed by atoms with E-state index in [0.29, 0.717) is 0 Å². The van der Waals surface area contributed by atoms with Crippen LogP contribution in [0, 0.1) is 0 Å². The third-order valence-corrected chi connectivity index (χ3v) is 2.12. The van der Waals surface area contributed by atoms with Gasteiger partial charge in [0.1, 0.15) is 5.69 Å². The Morgan fingerprint density at radius 1 is 1.31 bits per heavy atom. The minimum atomic E-state index is -4.38. The van der Waals surface area contributed by atoms with Gasteiger partial charge in [0.2, 0.25) is 0 Å².